The number of pyridine rings is 1. The van der Waals surface area contributed by atoms with Crippen molar-refractivity contribution in [3.8, 4) is 0 Å². The maximum atomic E-state index is 8.97. The van der Waals surface area contributed by atoms with Crippen molar-refractivity contribution in [3.63, 3.8) is 0 Å². The van der Waals surface area contributed by atoms with Gasteiger partial charge in [-0.15, -0.1) is 0 Å². The Morgan fingerprint density at radius 2 is 2.16 bits per heavy atom. The molecule has 0 spiro atoms. The minimum atomic E-state index is 0.265. The predicted octanol–water partition coefficient (Wildman–Crippen LogP) is 1.77. The Morgan fingerprint density at radius 1 is 1.26 bits per heavy atom. The lowest BCUT2D eigenvalue weighted by atomic mass is 10.1. The maximum absolute atomic E-state index is 8.97. The Labute approximate surface area is 112 Å². The van der Waals surface area contributed by atoms with Gasteiger partial charge in [-0.25, -0.2) is 9.97 Å². The second kappa shape index (κ2) is 5.48. The van der Waals surface area contributed by atoms with E-state index in [-0.39, 0.29) is 6.61 Å². The van der Waals surface area contributed by atoms with Crippen LogP contribution in [-0.2, 0) is 0 Å². The molecule has 1 aliphatic heterocycles. The second-order valence-electron chi connectivity index (χ2n) is 4.92. The van der Waals surface area contributed by atoms with E-state index in [1.807, 2.05) is 12.1 Å². The van der Waals surface area contributed by atoms with Crippen LogP contribution in [0.15, 0.2) is 24.5 Å². The van der Waals surface area contributed by atoms with Gasteiger partial charge >= 0.3 is 0 Å². The van der Waals surface area contributed by atoms with Crippen LogP contribution in [-0.4, -0.2) is 39.3 Å². The molecule has 0 aliphatic carbocycles. The predicted molar refractivity (Wildman–Crippen MR) is 74.0 cm³/mol. The lowest BCUT2D eigenvalue weighted by molar-refractivity contribution is 0.279. The maximum Gasteiger partial charge on any atom is 0.180 e. The molecule has 1 unspecified atom stereocenters. The van der Waals surface area contributed by atoms with Gasteiger partial charge in [0.1, 0.15) is 11.3 Å². The first-order chi connectivity index (χ1) is 9.38. The summed E-state index contributed by atoms with van der Waals surface area (Å²) < 4.78 is 0. The third-order valence-corrected chi connectivity index (χ3v) is 3.68. The second-order valence-corrected chi connectivity index (χ2v) is 4.92. The number of aliphatic hydroxyl groups is 1. The summed E-state index contributed by atoms with van der Waals surface area (Å²) in [4.78, 5) is 15.4. The van der Waals surface area contributed by atoms with Crippen molar-refractivity contribution in [3.05, 3.63) is 24.5 Å². The summed E-state index contributed by atoms with van der Waals surface area (Å²) >= 11 is 0. The van der Waals surface area contributed by atoms with Gasteiger partial charge in [0.2, 0.25) is 0 Å². The Balaban J connectivity index is 1.86. The summed E-state index contributed by atoms with van der Waals surface area (Å²) in [7, 11) is 0. The Kier molecular flexibility index (Phi) is 3.55. The average molecular weight is 258 g/mol. The molecule has 0 amide bonds. The minimum Gasteiger partial charge on any atom is -0.396 e. The van der Waals surface area contributed by atoms with Crippen LogP contribution in [0.1, 0.15) is 25.7 Å². The first kappa shape index (κ1) is 12.3. The molecule has 0 saturated carbocycles. The Hall–Kier alpha value is -1.75. The van der Waals surface area contributed by atoms with Crippen LogP contribution >= 0.6 is 0 Å². The zero-order valence-electron chi connectivity index (χ0n) is 10.9. The quantitative estimate of drug-likeness (QED) is 0.905. The normalized spacial score (nSPS) is 19.2. The van der Waals surface area contributed by atoms with Gasteiger partial charge in [-0.2, -0.15) is 0 Å². The van der Waals surface area contributed by atoms with Gasteiger partial charge < -0.3 is 10.0 Å². The van der Waals surface area contributed by atoms with Crippen LogP contribution in [0.2, 0.25) is 0 Å². The summed E-state index contributed by atoms with van der Waals surface area (Å²) in [6.07, 6.45) is 7.61. The minimum absolute atomic E-state index is 0.265. The van der Waals surface area contributed by atoms with E-state index >= 15 is 0 Å². The van der Waals surface area contributed by atoms with E-state index < -0.39 is 0 Å². The van der Waals surface area contributed by atoms with Gasteiger partial charge in [-0.3, -0.25) is 4.98 Å². The largest absolute Gasteiger partial charge is 0.396 e. The zero-order valence-corrected chi connectivity index (χ0v) is 10.9. The molecule has 1 fully saturated rings. The van der Waals surface area contributed by atoms with Crippen LogP contribution in [0, 0.1) is 0 Å². The molecule has 19 heavy (non-hydrogen) atoms. The highest BCUT2D eigenvalue weighted by Gasteiger charge is 2.25. The van der Waals surface area contributed by atoms with Crippen LogP contribution in [0.3, 0.4) is 0 Å². The van der Waals surface area contributed by atoms with E-state index in [0.717, 1.165) is 30.7 Å². The summed E-state index contributed by atoms with van der Waals surface area (Å²) in [6, 6.07) is 4.49. The van der Waals surface area contributed by atoms with E-state index in [4.69, 9.17) is 5.11 Å². The van der Waals surface area contributed by atoms with E-state index in [1.54, 1.807) is 12.4 Å². The standard InChI is InChI=1S/C14H18N4O/c19-10-2-4-11-3-1-9-18(11)13-6-5-12-14(17-13)16-8-7-15-12/h5-8,11,19H,1-4,9-10H2. The lowest BCUT2D eigenvalue weighted by Crippen LogP contribution is -2.30. The van der Waals surface area contributed by atoms with E-state index in [9.17, 15) is 0 Å². The average Bonchev–Trinajstić information content (AvgIpc) is 2.93. The lowest BCUT2D eigenvalue weighted by Gasteiger charge is -2.25. The number of hydrogen-bond acceptors (Lipinski definition) is 5. The third kappa shape index (κ3) is 2.51. The first-order valence-electron chi connectivity index (χ1n) is 6.84. The number of hydrogen-bond donors (Lipinski definition) is 1. The molecule has 0 bridgehead atoms. The van der Waals surface area contributed by atoms with Crippen LogP contribution in [0.5, 0.6) is 0 Å². The Bertz CT molecular complexity index is 560. The fourth-order valence-electron chi connectivity index (χ4n) is 2.77. The van der Waals surface area contributed by atoms with E-state index in [1.165, 1.54) is 12.8 Å². The van der Waals surface area contributed by atoms with E-state index in [0.29, 0.717) is 11.7 Å². The molecule has 3 heterocycles. The molecule has 100 valence electrons. The van der Waals surface area contributed by atoms with Gasteiger partial charge in [0.25, 0.3) is 0 Å². The van der Waals surface area contributed by atoms with E-state index in [2.05, 4.69) is 19.9 Å². The molecule has 1 aliphatic rings. The Morgan fingerprint density at radius 3 is 3.05 bits per heavy atom. The van der Waals surface area contributed by atoms with Gasteiger partial charge in [-0.1, -0.05) is 0 Å². The molecule has 5 nitrogen and oxygen atoms in total. The number of nitrogens with zero attached hydrogens (tertiary/aromatic N) is 4. The molecule has 2 aromatic heterocycles. The first-order valence-corrected chi connectivity index (χ1v) is 6.84. The summed E-state index contributed by atoms with van der Waals surface area (Å²) in [5, 5.41) is 8.97. The topological polar surface area (TPSA) is 62.1 Å². The van der Waals surface area contributed by atoms with Crippen molar-refractivity contribution in [1.29, 1.82) is 0 Å². The third-order valence-electron chi connectivity index (χ3n) is 3.68. The number of aliphatic hydroxyl groups excluding tert-OH is 1. The van der Waals surface area contributed by atoms with Crippen molar-refractivity contribution >= 4 is 17.0 Å². The molecule has 0 aromatic carbocycles. The van der Waals surface area contributed by atoms with Crippen molar-refractivity contribution in [2.24, 2.45) is 0 Å². The summed E-state index contributed by atoms with van der Waals surface area (Å²) in [5.41, 5.74) is 1.53. The molecule has 3 rings (SSSR count). The summed E-state index contributed by atoms with van der Waals surface area (Å²) in [6.45, 7) is 1.30. The van der Waals surface area contributed by atoms with Gasteiger partial charge in [0.05, 0.1) is 0 Å². The van der Waals surface area contributed by atoms with Crippen molar-refractivity contribution in [2.45, 2.75) is 31.7 Å². The van der Waals surface area contributed by atoms with Crippen molar-refractivity contribution in [1.82, 2.24) is 15.0 Å². The van der Waals surface area contributed by atoms with Gasteiger partial charge in [0, 0.05) is 31.6 Å². The molecule has 1 atom stereocenters. The SMILES string of the molecule is OCCCC1CCCN1c1ccc2nccnc2n1. The fourth-order valence-corrected chi connectivity index (χ4v) is 2.77. The highest BCUT2D eigenvalue weighted by molar-refractivity contribution is 5.71. The van der Waals surface area contributed by atoms with Crippen LogP contribution in [0.4, 0.5) is 5.82 Å². The monoisotopic (exact) mass is 258 g/mol. The molecule has 0 radical (unpaired) electrons. The van der Waals surface area contributed by atoms with Gasteiger partial charge in [-0.05, 0) is 37.8 Å². The highest BCUT2D eigenvalue weighted by atomic mass is 16.2. The zero-order chi connectivity index (χ0) is 13.1. The molecule has 1 saturated heterocycles. The number of aromatic nitrogens is 3. The number of rotatable bonds is 4. The smallest absolute Gasteiger partial charge is 0.180 e. The number of fused-ring (bicyclic) bond motifs is 1. The highest BCUT2D eigenvalue weighted by Crippen LogP contribution is 2.27. The molecular weight excluding hydrogens is 240 g/mol. The van der Waals surface area contributed by atoms with Gasteiger partial charge in [0.15, 0.2) is 5.65 Å². The molecular formula is C14H18N4O. The fraction of sp³-hybridized carbons (Fsp3) is 0.500. The summed E-state index contributed by atoms with van der Waals surface area (Å²) in [5.74, 6) is 0.980. The molecule has 2 aromatic rings. The van der Waals surface area contributed by atoms with Crippen LogP contribution in [0.25, 0.3) is 11.2 Å². The molecule has 1 N–H and O–H groups in total. The van der Waals surface area contributed by atoms with Crippen molar-refractivity contribution < 1.29 is 5.11 Å². The van der Waals surface area contributed by atoms with Crippen LogP contribution < -0.4 is 4.90 Å². The number of anilines is 1. The van der Waals surface area contributed by atoms with Crippen molar-refractivity contribution in [2.75, 3.05) is 18.1 Å². The molecule has 5 heteroatoms.